The van der Waals surface area contributed by atoms with Crippen molar-refractivity contribution in [2.45, 2.75) is 6.92 Å². The minimum atomic E-state index is -0.403. The van der Waals surface area contributed by atoms with E-state index in [-0.39, 0.29) is 6.79 Å². The lowest BCUT2D eigenvalue weighted by Crippen LogP contribution is -2.19. The summed E-state index contributed by atoms with van der Waals surface area (Å²) in [6.07, 6.45) is 3.65. The van der Waals surface area contributed by atoms with Crippen molar-refractivity contribution in [1.29, 1.82) is 0 Å². The predicted octanol–water partition coefficient (Wildman–Crippen LogP) is 3.26. The van der Waals surface area contributed by atoms with Crippen molar-refractivity contribution < 1.29 is 28.5 Å². The summed E-state index contributed by atoms with van der Waals surface area (Å²) in [5, 5.41) is 4.10. The molecule has 0 unspecified atom stereocenters. The Morgan fingerprint density at radius 1 is 1.03 bits per heavy atom. The zero-order valence-electron chi connectivity index (χ0n) is 16.6. The van der Waals surface area contributed by atoms with Gasteiger partial charge in [-0.1, -0.05) is 12.1 Å². The molecule has 29 heavy (non-hydrogen) atoms. The number of fused-ring (bicyclic) bond motifs is 1. The fraction of sp³-hybridized carbons (Fsp3) is 0.238. The van der Waals surface area contributed by atoms with E-state index in [9.17, 15) is 4.79 Å². The van der Waals surface area contributed by atoms with Crippen LogP contribution < -0.4 is 29.1 Å². The number of hydrogen-bond donors (Lipinski definition) is 1. The highest BCUT2D eigenvalue weighted by atomic mass is 16.7. The van der Waals surface area contributed by atoms with Crippen LogP contribution in [0.1, 0.15) is 22.8 Å². The van der Waals surface area contributed by atoms with Crippen LogP contribution in [0.25, 0.3) is 6.08 Å². The first-order chi connectivity index (χ1) is 14.0. The van der Waals surface area contributed by atoms with E-state index in [0.717, 1.165) is 11.3 Å². The van der Waals surface area contributed by atoms with Crippen LogP contribution >= 0.6 is 0 Å². The molecule has 0 radical (unpaired) electrons. The van der Waals surface area contributed by atoms with Crippen molar-refractivity contribution >= 4 is 17.7 Å². The Hall–Kier alpha value is -3.68. The van der Waals surface area contributed by atoms with E-state index >= 15 is 0 Å². The van der Waals surface area contributed by atoms with E-state index in [2.05, 4.69) is 10.5 Å². The summed E-state index contributed by atoms with van der Waals surface area (Å²) in [5.41, 5.74) is 4.39. The van der Waals surface area contributed by atoms with E-state index < -0.39 is 5.91 Å². The Morgan fingerprint density at radius 3 is 2.38 bits per heavy atom. The average Bonchev–Trinajstić information content (AvgIpc) is 3.22. The molecule has 1 aliphatic heterocycles. The Labute approximate surface area is 168 Å². The number of nitrogens with zero attached hydrogens (tertiary/aromatic N) is 1. The number of benzene rings is 2. The quantitative estimate of drug-likeness (QED) is 0.569. The van der Waals surface area contributed by atoms with Gasteiger partial charge in [-0.3, -0.25) is 4.79 Å². The second-order valence-electron chi connectivity index (χ2n) is 6.05. The second-order valence-corrected chi connectivity index (χ2v) is 6.05. The van der Waals surface area contributed by atoms with Gasteiger partial charge in [0.2, 0.25) is 12.5 Å². The van der Waals surface area contributed by atoms with Gasteiger partial charge >= 0.3 is 0 Å². The van der Waals surface area contributed by atoms with Crippen molar-refractivity contribution in [3.05, 3.63) is 47.5 Å². The Kier molecular flexibility index (Phi) is 6.23. The second kappa shape index (κ2) is 9.01. The zero-order chi connectivity index (χ0) is 20.8. The maximum Gasteiger partial charge on any atom is 0.271 e. The van der Waals surface area contributed by atoms with Crippen LogP contribution in [0.4, 0.5) is 0 Å². The number of carbonyl (C=O) groups is 1. The summed E-state index contributed by atoms with van der Waals surface area (Å²) < 4.78 is 26.4. The Balaban J connectivity index is 1.69. The number of amides is 1. The molecule has 1 aliphatic rings. The lowest BCUT2D eigenvalue weighted by molar-refractivity contribution is 0.0954. The number of carbonyl (C=O) groups excluding carboxylic acids is 1. The minimum Gasteiger partial charge on any atom is -0.493 e. The molecule has 1 amide bonds. The zero-order valence-corrected chi connectivity index (χ0v) is 16.6. The van der Waals surface area contributed by atoms with E-state index in [4.69, 9.17) is 23.7 Å². The number of nitrogens with one attached hydrogen (secondary N) is 1. The highest BCUT2D eigenvalue weighted by Crippen LogP contribution is 2.38. The summed E-state index contributed by atoms with van der Waals surface area (Å²) in [6.45, 7) is 2.01. The van der Waals surface area contributed by atoms with Crippen molar-refractivity contribution in [1.82, 2.24) is 5.43 Å². The van der Waals surface area contributed by atoms with E-state index in [1.165, 1.54) is 21.3 Å². The third-order valence-corrected chi connectivity index (χ3v) is 4.17. The summed E-state index contributed by atoms with van der Waals surface area (Å²) in [7, 11) is 4.48. The SMILES string of the molecule is COc1cc(C(=O)NN=C(C)C=Cc2ccc3c(c2)OCO3)cc(OC)c1OC. The number of hydrazone groups is 1. The lowest BCUT2D eigenvalue weighted by Gasteiger charge is -2.13. The Morgan fingerprint density at radius 2 is 1.72 bits per heavy atom. The van der Waals surface area contributed by atoms with Gasteiger partial charge in [0, 0.05) is 5.56 Å². The van der Waals surface area contributed by atoms with E-state index in [1.807, 2.05) is 24.3 Å². The fourth-order valence-corrected chi connectivity index (χ4v) is 2.69. The topological polar surface area (TPSA) is 87.6 Å². The minimum absolute atomic E-state index is 0.232. The van der Waals surface area contributed by atoms with Crippen LogP contribution in [-0.2, 0) is 0 Å². The average molecular weight is 398 g/mol. The molecule has 0 aliphatic carbocycles. The molecule has 1 N–H and O–H groups in total. The van der Waals surface area contributed by atoms with Gasteiger partial charge in [-0.05, 0) is 42.8 Å². The van der Waals surface area contributed by atoms with Crippen LogP contribution in [0, 0.1) is 0 Å². The van der Waals surface area contributed by atoms with E-state index in [0.29, 0.717) is 34.3 Å². The van der Waals surface area contributed by atoms with Gasteiger partial charge in [-0.15, -0.1) is 0 Å². The molecular weight excluding hydrogens is 376 g/mol. The van der Waals surface area contributed by atoms with E-state index in [1.54, 1.807) is 25.1 Å². The van der Waals surface area contributed by atoms with Gasteiger partial charge in [-0.2, -0.15) is 5.10 Å². The molecule has 0 aromatic heterocycles. The third-order valence-electron chi connectivity index (χ3n) is 4.17. The molecular formula is C21H22N2O6. The van der Waals surface area contributed by atoms with Crippen LogP contribution in [0.15, 0.2) is 41.5 Å². The van der Waals surface area contributed by atoms with Crippen molar-refractivity contribution in [3.8, 4) is 28.7 Å². The van der Waals surface area contributed by atoms with Crippen molar-refractivity contribution in [3.63, 3.8) is 0 Å². The lowest BCUT2D eigenvalue weighted by atomic mass is 10.1. The van der Waals surface area contributed by atoms with Gasteiger partial charge in [0.15, 0.2) is 23.0 Å². The van der Waals surface area contributed by atoms with Crippen LogP contribution in [-0.4, -0.2) is 39.7 Å². The summed E-state index contributed by atoms with van der Waals surface area (Å²) >= 11 is 0. The first-order valence-corrected chi connectivity index (χ1v) is 8.78. The molecule has 0 atom stereocenters. The molecule has 0 fully saturated rings. The number of methoxy groups -OCH3 is 3. The largest absolute Gasteiger partial charge is 0.493 e. The number of hydrogen-bond acceptors (Lipinski definition) is 7. The van der Waals surface area contributed by atoms with Crippen molar-refractivity contribution in [2.24, 2.45) is 5.10 Å². The Bertz CT molecular complexity index is 943. The van der Waals surface area contributed by atoms with Crippen LogP contribution in [0.2, 0.25) is 0 Å². The molecule has 0 bridgehead atoms. The molecule has 3 rings (SSSR count). The fourth-order valence-electron chi connectivity index (χ4n) is 2.69. The predicted molar refractivity (Wildman–Crippen MR) is 108 cm³/mol. The maximum atomic E-state index is 12.5. The number of allylic oxidation sites excluding steroid dienone is 1. The van der Waals surface area contributed by atoms with Crippen molar-refractivity contribution in [2.75, 3.05) is 28.1 Å². The molecule has 0 saturated carbocycles. The molecule has 2 aromatic rings. The first-order valence-electron chi connectivity index (χ1n) is 8.78. The molecule has 2 aromatic carbocycles. The first kappa shape index (κ1) is 20.1. The van der Waals surface area contributed by atoms with Gasteiger partial charge in [-0.25, -0.2) is 5.43 Å². The highest BCUT2D eigenvalue weighted by Gasteiger charge is 2.17. The summed E-state index contributed by atoms with van der Waals surface area (Å²) in [6, 6.07) is 8.75. The number of rotatable bonds is 7. The van der Waals surface area contributed by atoms with Crippen LogP contribution in [0.3, 0.4) is 0 Å². The number of ether oxygens (including phenoxy) is 5. The molecule has 8 heteroatoms. The summed E-state index contributed by atoms with van der Waals surface area (Å²) in [5.74, 6) is 2.22. The molecule has 152 valence electrons. The van der Waals surface area contributed by atoms with Gasteiger partial charge in [0.25, 0.3) is 5.91 Å². The van der Waals surface area contributed by atoms with Gasteiger partial charge in [0.05, 0.1) is 27.0 Å². The molecule has 1 heterocycles. The normalized spacial score (nSPS) is 12.8. The smallest absolute Gasteiger partial charge is 0.271 e. The highest BCUT2D eigenvalue weighted by molar-refractivity contribution is 5.99. The van der Waals surface area contributed by atoms with Gasteiger partial charge < -0.3 is 23.7 Å². The maximum absolute atomic E-state index is 12.5. The molecule has 0 spiro atoms. The molecule has 8 nitrogen and oxygen atoms in total. The molecule has 0 saturated heterocycles. The van der Waals surface area contributed by atoms with Gasteiger partial charge in [0.1, 0.15) is 0 Å². The van der Waals surface area contributed by atoms with Crippen LogP contribution in [0.5, 0.6) is 28.7 Å². The standard InChI is InChI=1S/C21H22N2O6/c1-13(5-6-14-7-8-16-17(9-14)29-12-28-16)22-23-21(24)15-10-18(25-2)20(27-4)19(11-15)26-3/h5-11H,12H2,1-4H3,(H,23,24). The summed E-state index contributed by atoms with van der Waals surface area (Å²) in [4.78, 5) is 12.5. The monoisotopic (exact) mass is 398 g/mol. The third kappa shape index (κ3) is 4.60.